The number of carboxylic acids is 1. The van der Waals surface area contributed by atoms with Crippen molar-refractivity contribution in [3.63, 3.8) is 0 Å². The average molecular weight is 227 g/mol. The summed E-state index contributed by atoms with van der Waals surface area (Å²) in [5.74, 6) is -0.953. The standard InChI is InChI=1S/C12H21NO3/c1-8-5-3-4-6-9(8)10(12(15)16)7-11(14)13-2/h8-10H,3-7H2,1-2H3,(H,13,14)(H,15,16). The van der Waals surface area contributed by atoms with E-state index in [1.54, 1.807) is 7.05 Å². The van der Waals surface area contributed by atoms with Crippen LogP contribution in [0.1, 0.15) is 39.0 Å². The highest BCUT2D eigenvalue weighted by molar-refractivity contribution is 5.82. The second kappa shape index (κ2) is 5.87. The molecule has 1 saturated carbocycles. The summed E-state index contributed by atoms with van der Waals surface area (Å²) in [5, 5.41) is 11.7. The molecule has 0 aromatic carbocycles. The van der Waals surface area contributed by atoms with E-state index < -0.39 is 11.9 Å². The van der Waals surface area contributed by atoms with Gasteiger partial charge in [-0.1, -0.05) is 26.2 Å². The van der Waals surface area contributed by atoms with E-state index in [9.17, 15) is 14.7 Å². The molecule has 0 spiro atoms. The summed E-state index contributed by atoms with van der Waals surface area (Å²) < 4.78 is 0. The molecule has 0 radical (unpaired) electrons. The summed E-state index contributed by atoms with van der Waals surface area (Å²) in [6.07, 6.45) is 4.41. The van der Waals surface area contributed by atoms with Gasteiger partial charge < -0.3 is 10.4 Å². The van der Waals surface area contributed by atoms with E-state index in [2.05, 4.69) is 12.2 Å². The first-order valence-electron chi connectivity index (χ1n) is 5.99. The largest absolute Gasteiger partial charge is 0.481 e. The van der Waals surface area contributed by atoms with Gasteiger partial charge in [0.05, 0.1) is 5.92 Å². The van der Waals surface area contributed by atoms with Gasteiger partial charge in [0.2, 0.25) is 5.91 Å². The van der Waals surface area contributed by atoms with Crippen LogP contribution in [0.25, 0.3) is 0 Å². The zero-order valence-corrected chi connectivity index (χ0v) is 10.0. The fraction of sp³-hybridized carbons (Fsp3) is 0.833. The lowest BCUT2D eigenvalue weighted by molar-refractivity contribution is -0.147. The third-order valence-corrected chi connectivity index (χ3v) is 3.70. The van der Waals surface area contributed by atoms with Gasteiger partial charge in [-0.15, -0.1) is 0 Å². The molecule has 3 atom stereocenters. The van der Waals surface area contributed by atoms with Crippen molar-refractivity contribution >= 4 is 11.9 Å². The van der Waals surface area contributed by atoms with Crippen molar-refractivity contribution in [3.8, 4) is 0 Å². The molecule has 16 heavy (non-hydrogen) atoms. The van der Waals surface area contributed by atoms with E-state index in [1.165, 1.54) is 6.42 Å². The van der Waals surface area contributed by atoms with Crippen LogP contribution in [0, 0.1) is 17.8 Å². The molecule has 2 N–H and O–H groups in total. The van der Waals surface area contributed by atoms with E-state index in [0.717, 1.165) is 19.3 Å². The first-order valence-corrected chi connectivity index (χ1v) is 5.99. The van der Waals surface area contributed by atoms with Crippen molar-refractivity contribution in [2.45, 2.75) is 39.0 Å². The highest BCUT2D eigenvalue weighted by Gasteiger charge is 2.34. The van der Waals surface area contributed by atoms with Crippen molar-refractivity contribution in [2.75, 3.05) is 7.05 Å². The minimum atomic E-state index is -0.831. The van der Waals surface area contributed by atoms with E-state index in [4.69, 9.17) is 0 Å². The Morgan fingerprint density at radius 3 is 2.50 bits per heavy atom. The van der Waals surface area contributed by atoms with Crippen LogP contribution in [-0.4, -0.2) is 24.0 Å². The van der Waals surface area contributed by atoms with Crippen LogP contribution in [0.4, 0.5) is 0 Å². The van der Waals surface area contributed by atoms with Gasteiger partial charge in [0.25, 0.3) is 0 Å². The topological polar surface area (TPSA) is 66.4 Å². The minimum absolute atomic E-state index is 0.112. The molecule has 92 valence electrons. The number of carbonyl (C=O) groups excluding carboxylic acids is 1. The summed E-state index contributed by atoms with van der Waals surface area (Å²) in [5.41, 5.74) is 0. The number of carboxylic acid groups (broad SMARTS) is 1. The zero-order chi connectivity index (χ0) is 12.1. The summed E-state index contributed by atoms with van der Waals surface area (Å²) in [7, 11) is 1.55. The van der Waals surface area contributed by atoms with Gasteiger partial charge in [-0.25, -0.2) is 0 Å². The van der Waals surface area contributed by atoms with Crippen LogP contribution in [0.5, 0.6) is 0 Å². The summed E-state index contributed by atoms with van der Waals surface area (Å²) >= 11 is 0. The SMILES string of the molecule is CNC(=O)CC(C(=O)O)C1CCCCC1C. The van der Waals surface area contributed by atoms with Crippen LogP contribution in [0.2, 0.25) is 0 Å². The molecule has 4 nitrogen and oxygen atoms in total. The molecule has 1 rings (SSSR count). The smallest absolute Gasteiger partial charge is 0.307 e. The number of rotatable bonds is 4. The Balaban J connectivity index is 2.68. The van der Waals surface area contributed by atoms with Gasteiger partial charge in [-0.2, -0.15) is 0 Å². The molecule has 1 amide bonds. The Morgan fingerprint density at radius 1 is 1.38 bits per heavy atom. The van der Waals surface area contributed by atoms with E-state index in [-0.39, 0.29) is 18.2 Å². The minimum Gasteiger partial charge on any atom is -0.481 e. The number of amides is 1. The zero-order valence-electron chi connectivity index (χ0n) is 10.0. The molecule has 0 aromatic rings. The second-order valence-corrected chi connectivity index (χ2v) is 4.75. The van der Waals surface area contributed by atoms with Gasteiger partial charge in [0.15, 0.2) is 0 Å². The Morgan fingerprint density at radius 2 is 2.00 bits per heavy atom. The van der Waals surface area contributed by atoms with Crippen LogP contribution in [0.15, 0.2) is 0 Å². The maximum absolute atomic E-state index is 11.3. The molecule has 1 fully saturated rings. The lowest BCUT2D eigenvalue weighted by atomic mass is 9.72. The predicted molar refractivity (Wildman–Crippen MR) is 60.9 cm³/mol. The van der Waals surface area contributed by atoms with Crippen LogP contribution in [0.3, 0.4) is 0 Å². The van der Waals surface area contributed by atoms with Gasteiger partial charge in [-0.05, 0) is 18.3 Å². The Hall–Kier alpha value is -1.06. The Bertz CT molecular complexity index is 265. The highest BCUT2D eigenvalue weighted by atomic mass is 16.4. The van der Waals surface area contributed by atoms with E-state index in [0.29, 0.717) is 5.92 Å². The third-order valence-electron chi connectivity index (χ3n) is 3.70. The van der Waals surface area contributed by atoms with Gasteiger partial charge >= 0.3 is 5.97 Å². The molecule has 0 saturated heterocycles. The molecule has 0 aliphatic heterocycles. The quantitative estimate of drug-likeness (QED) is 0.767. The maximum Gasteiger partial charge on any atom is 0.307 e. The fourth-order valence-corrected chi connectivity index (χ4v) is 2.67. The molecule has 4 heteroatoms. The summed E-state index contributed by atoms with van der Waals surface area (Å²) in [6, 6.07) is 0. The van der Waals surface area contributed by atoms with Crippen LogP contribution in [-0.2, 0) is 9.59 Å². The third kappa shape index (κ3) is 3.22. The lowest BCUT2D eigenvalue weighted by Crippen LogP contribution is -2.34. The summed E-state index contributed by atoms with van der Waals surface area (Å²) in [4.78, 5) is 22.5. The molecule has 1 aliphatic carbocycles. The van der Waals surface area contributed by atoms with Crippen molar-refractivity contribution < 1.29 is 14.7 Å². The normalized spacial score (nSPS) is 27.1. The predicted octanol–water partition coefficient (Wildman–Crippen LogP) is 1.65. The number of nitrogens with one attached hydrogen (secondary N) is 1. The molecule has 0 heterocycles. The summed E-state index contributed by atoms with van der Waals surface area (Å²) in [6.45, 7) is 2.10. The molecule has 0 bridgehead atoms. The van der Waals surface area contributed by atoms with Gasteiger partial charge in [0.1, 0.15) is 0 Å². The first kappa shape index (κ1) is 13.0. The van der Waals surface area contributed by atoms with Crippen LogP contribution >= 0.6 is 0 Å². The second-order valence-electron chi connectivity index (χ2n) is 4.75. The first-order chi connectivity index (χ1) is 7.56. The monoisotopic (exact) mass is 227 g/mol. The van der Waals surface area contributed by atoms with Crippen molar-refractivity contribution in [3.05, 3.63) is 0 Å². The van der Waals surface area contributed by atoms with E-state index >= 15 is 0 Å². The molecule has 1 aliphatic rings. The Kier molecular flexibility index (Phi) is 4.77. The number of aliphatic carboxylic acids is 1. The fourth-order valence-electron chi connectivity index (χ4n) is 2.67. The van der Waals surface area contributed by atoms with Gasteiger partial charge in [0, 0.05) is 13.5 Å². The molecular weight excluding hydrogens is 206 g/mol. The van der Waals surface area contributed by atoms with Crippen LogP contribution < -0.4 is 5.32 Å². The average Bonchev–Trinajstić information content (AvgIpc) is 2.26. The van der Waals surface area contributed by atoms with Gasteiger partial charge in [-0.3, -0.25) is 9.59 Å². The number of hydrogen-bond donors (Lipinski definition) is 2. The highest BCUT2D eigenvalue weighted by Crippen LogP contribution is 2.36. The van der Waals surface area contributed by atoms with Crippen molar-refractivity contribution in [1.82, 2.24) is 5.32 Å². The van der Waals surface area contributed by atoms with Crippen molar-refractivity contribution in [1.29, 1.82) is 0 Å². The Labute approximate surface area is 96.4 Å². The lowest BCUT2D eigenvalue weighted by Gasteiger charge is -2.32. The molecule has 3 unspecified atom stereocenters. The van der Waals surface area contributed by atoms with Crippen molar-refractivity contribution in [2.24, 2.45) is 17.8 Å². The van der Waals surface area contributed by atoms with E-state index in [1.807, 2.05) is 0 Å². The molecule has 0 aromatic heterocycles. The molecular formula is C12H21NO3. The maximum atomic E-state index is 11.3. The number of hydrogen-bond acceptors (Lipinski definition) is 2. The number of carbonyl (C=O) groups is 2.